The van der Waals surface area contributed by atoms with Crippen molar-refractivity contribution in [2.75, 3.05) is 39.6 Å². The zero-order chi connectivity index (χ0) is 69.8. The minimum Gasteiger partial charge on any atom is -0.396 e. The van der Waals surface area contributed by atoms with Crippen LogP contribution in [0, 0.1) is 33.5 Å². The van der Waals surface area contributed by atoms with Gasteiger partial charge in [0, 0.05) is 17.3 Å². The van der Waals surface area contributed by atoms with Crippen LogP contribution in [0.25, 0.3) is 0 Å². The first kappa shape index (κ1) is 75.3. The number of aliphatic hydroxyl groups excluding tert-OH is 18. The maximum absolute atomic E-state index is 13.1. The number of rotatable bonds is 19. The van der Waals surface area contributed by atoms with Gasteiger partial charge in [-0.15, -0.1) is 0 Å². The molecule has 9 fully saturated rings. The summed E-state index contributed by atoms with van der Waals surface area (Å²) in [6.45, 7) is 9.78. The Kier molecular flexibility index (Phi) is 22.8. The Labute approximate surface area is 555 Å². The fourth-order valence-corrected chi connectivity index (χ4v) is 18.6. The Hall–Kier alpha value is -1.83. The van der Waals surface area contributed by atoms with Gasteiger partial charge in [0.2, 0.25) is 0 Å². The van der Waals surface area contributed by atoms with E-state index in [4.69, 9.17) is 61.6 Å². The van der Waals surface area contributed by atoms with Crippen molar-refractivity contribution < 1.29 is 158 Å². The van der Waals surface area contributed by atoms with E-state index in [0.29, 0.717) is 32.1 Å². The molecule has 7 saturated heterocycles. The molecule has 0 unspecified atom stereocenters. The van der Waals surface area contributed by atoms with E-state index >= 15 is 0 Å². The summed E-state index contributed by atoms with van der Waals surface area (Å²) in [6, 6.07) is 0. The summed E-state index contributed by atoms with van der Waals surface area (Å²) in [5.74, 6) is 0.225. The molecule has 11 aliphatic rings. The molecule has 18 N–H and O–H groups in total. The maximum Gasteiger partial charge on any atom is 0.187 e. The van der Waals surface area contributed by atoms with Crippen LogP contribution in [-0.4, -0.2) is 333 Å². The molecule has 0 radical (unpaired) electrons. The lowest BCUT2D eigenvalue weighted by molar-refractivity contribution is -0.414. The van der Waals surface area contributed by atoms with Crippen LogP contribution >= 0.6 is 0 Å². The molecule has 32 nitrogen and oxygen atoms in total. The minimum absolute atomic E-state index is 0.113. The molecule has 32 heteroatoms. The molecule has 0 amide bonds. The first-order valence-electron chi connectivity index (χ1n) is 34.0. The minimum atomic E-state index is -2.16. The standard InChI is InChI=1S/C64H104O32/c1-8-28(69)30-17-24(2)64(96-30)16-15-62(6)27-9-10-35-60(4,26(27)11-14-63(62,64)7)13-12-36(61(35,5)23-68)91-55-48(82)45(79)41(75)34(90-55)22-85-57-51(38(72)29(70)21-84-57)94-59-53(95-54-47(81)43(77)37(71)25(3)86-54)50(42(76)33(20-67)89-59)92-58-52(46(80)40(74)32(19-66)88-58)93-56-49(83)44(78)39(73)31(18-65)87-56/h24-25,29-59,65-68,70-83H,8-23H2,1-7H3/t24-,25-,29+,30-,31+,32+,33+,34-,35+,36+,37-,38+,39+,40+,41-,42-,43+,44-,45+,46+,47+,48-,49-,50-,51+,52-,53-,54-,55-,56+,57+,58+,59+,60+,61+,62-,63+,64+/m1/s1. The highest BCUT2D eigenvalue weighted by atomic mass is 16.8. The third kappa shape index (κ3) is 12.6. The number of carbonyl (C=O) groups is 1. The Morgan fingerprint density at radius 1 is 0.500 bits per heavy atom. The third-order valence-electron chi connectivity index (χ3n) is 24.7. The van der Waals surface area contributed by atoms with E-state index in [1.807, 2.05) is 13.8 Å². The molecule has 7 aliphatic heterocycles. The van der Waals surface area contributed by atoms with Crippen LogP contribution in [0.15, 0.2) is 11.1 Å². The molecule has 552 valence electrons. The van der Waals surface area contributed by atoms with Crippen molar-refractivity contribution >= 4 is 5.78 Å². The summed E-state index contributed by atoms with van der Waals surface area (Å²) < 4.78 is 79.8. The van der Waals surface area contributed by atoms with Gasteiger partial charge in [-0.2, -0.15) is 0 Å². The van der Waals surface area contributed by atoms with E-state index in [0.717, 1.165) is 32.1 Å². The average molecular weight is 1390 g/mol. The topological polar surface area (TPSA) is 501 Å². The van der Waals surface area contributed by atoms with E-state index in [1.165, 1.54) is 18.1 Å². The Bertz CT molecular complexity index is 2680. The first-order valence-corrected chi connectivity index (χ1v) is 34.0. The largest absolute Gasteiger partial charge is 0.396 e. The molecule has 38 atom stereocenters. The maximum atomic E-state index is 13.1. The lowest BCUT2D eigenvalue weighted by atomic mass is 9.42. The van der Waals surface area contributed by atoms with Crippen LogP contribution in [0.2, 0.25) is 0 Å². The van der Waals surface area contributed by atoms with Gasteiger partial charge in [-0.05, 0) is 87.4 Å². The molecule has 4 aliphatic carbocycles. The highest BCUT2D eigenvalue weighted by molar-refractivity contribution is 5.83. The van der Waals surface area contributed by atoms with E-state index in [-0.39, 0.29) is 40.5 Å². The van der Waals surface area contributed by atoms with Crippen LogP contribution in [0.5, 0.6) is 0 Å². The van der Waals surface area contributed by atoms with Crippen molar-refractivity contribution in [2.45, 2.75) is 309 Å². The molecule has 0 bridgehead atoms. The molecular weight excluding hydrogens is 1280 g/mol. The first-order chi connectivity index (χ1) is 45.3. The lowest BCUT2D eigenvalue weighted by Crippen LogP contribution is -2.69. The van der Waals surface area contributed by atoms with E-state index in [2.05, 4.69) is 27.7 Å². The van der Waals surface area contributed by atoms with Crippen LogP contribution in [0.1, 0.15) is 113 Å². The van der Waals surface area contributed by atoms with Crippen molar-refractivity contribution in [3.8, 4) is 0 Å². The molecule has 0 aromatic carbocycles. The van der Waals surface area contributed by atoms with Crippen molar-refractivity contribution in [1.82, 2.24) is 0 Å². The highest BCUT2D eigenvalue weighted by Crippen LogP contribution is 2.75. The van der Waals surface area contributed by atoms with Crippen molar-refractivity contribution in [2.24, 2.45) is 33.5 Å². The van der Waals surface area contributed by atoms with E-state index < -0.39 is 234 Å². The second-order valence-electron chi connectivity index (χ2n) is 29.7. The number of ether oxygens (including phenoxy) is 13. The van der Waals surface area contributed by atoms with E-state index in [1.54, 1.807) is 0 Å². The van der Waals surface area contributed by atoms with Crippen LogP contribution < -0.4 is 0 Å². The zero-order valence-corrected chi connectivity index (χ0v) is 55.1. The number of hydrogen-bond donors (Lipinski definition) is 18. The zero-order valence-electron chi connectivity index (χ0n) is 55.1. The van der Waals surface area contributed by atoms with Gasteiger partial charge in [0.1, 0.15) is 140 Å². The quantitative estimate of drug-likeness (QED) is 0.0536. The fourth-order valence-electron chi connectivity index (χ4n) is 18.6. The number of Topliss-reactive ketones (excluding diaryl/α,β-unsaturated/α-hetero) is 1. The van der Waals surface area contributed by atoms with Crippen LogP contribution in [0.3, 0.4) is 0 Å². The predicted molar refractivity (Wildman–Crippen MR) is 318 cm³/mol. The fraction of sp³-hybridized carbons (Fsp3) is 0.953. The van der Waals surface area contributed by atoms with Gasteiger partial charge in [-0.25, -0.2) is 0 Å². The van der Waals surface area contributed by atoms with Gasteiger partial charge in [-0.3, -0.25) is 4.79 Å². The van der Waals surface area contributed by atoms with Gasteiger partial charge < -0.3 is 153 Å². The average Bonchev–Trinajstić information content (AvgIpc) is 1.41. The molecule has 96 heavy (non-hydrogen) atoms. The van der Waals surface area contributed by atoms with Gasteiger partial charge >= 0.3 is 0 Å². The molecular formula is C64H104O32. The van der Waals surface area contributed by atoms with Gasteiger partial charge in [0.25, 0.3) is 0 Å². The molecule has 0 aromatic rings. The van der Waals surface area contributed by atoms with Crippen molar-refractivity contribution in [1.29, 1.82) is 0 Å². The monoisotopic (exact) mass is 1380 g/mol. The normalized spacial score (nSPS) is 54.6. The summed E-state index contributed by atoms with van der Waals surface area (Å²) in [4.78, 5) is 13.1. The number of ketones is 1. The summed E-state index contributed by atoms with van der Waals surface area (Å²) >= 11 is 0. The smallest absolute Gasteiger partial charge is 0.187 e. The van der Waals surface area contributed by atoms with Crippen LogP contribution in [-0.2, 0) is 66.4 Å². The highest BCUT2D eigenvalue weighted by Gasteiger charge is 2.72. The Balaban J connectivity index is 0.823. The lowest BCUT2D eigenvalue weighted by Gasteiger charge is -2.63. The third-order valence-corrected chi connectivity index (χ3v) is 24.7. The van der Waals surface area contributed by atoms with Crippen molar-refractivity contribution in [3.63, 3.8) is 0 Å². The number of hydrogen-bond acceptors (Lipinski definition) is 32. The number of aliphatic hydroxyl groups is 18. The van der Waals surface area contributed by atoms with Crippen LogP contribution in [0.4, 0.5) is 0 Å². The SMILES string of the molecule is CCC(=O)[C@H]1C[C@@H](C)[C@]2(CC[C@]3(C)C4=C(CC[C@]23C)[C@]2(C)CC[C@H](O[C@H]3O[C@H](CO[C@@H]5OC[C@H](O)[C@H](O)[C@@H]5O[C@@H]5O[C@@H](CO)[C@@H](O)[C@@H](O[C@@H]6O[C@@H](CO)[C@H](O)[C@H](O)[C@H]6O[C@@H]6O[C@@H](CO)[C@H](O)[C@@H](O)[C@H]6O)[C@H]5O[C@H]5O[C@H](C)[C@@H](O)[C@H](O)[C@@H]5O)[C@@H](O)[C@H](O)[C@H]3O)[C@@](C)(CO)[C@H]2CC4)O1. The summed E-state index contributed by atoms with van der Waals surface area (Å²) in [7, 11) is 0. The van der Waals surface area contributed by atoms with Crippen molar-refractivity contribution in [3.05, 3.63) is 11.1 Å². The second-order valence-corrected chi connectivity index (χ2v) is 29.7. The molecule has 7 heterocycles. The Morgan fingerprint density at radius 3 is 1.65 bits per heavy atom. The van der Waals surface area contributed by atoms with E-state index in [9.17, 15) is 96.7 Å². The number of carbonyl (C=O) groups excluding carboxylic acids is 1. The summed E-state index contributed by atoms with van der Waals surface area (Å²) in [6.07, 6.45) is -49.2. The predicted octanol–water partition coefficient (Wildman–Crippen LogP) is -5.79. The summed E-state index contributed by atoms with van der Waals surface area (Å²) in [5.41, 5.74) is 0.687. The van der Waals surface area contributed by atoms with Gasteiger partial charge in [0.15, 0.2) is 43.5 Å². The van der Waals surface area contributed by atoms with Gasteiger partial charge in [-0.1, -0.05) is 52.7 Å². The molecule has 0 aromatic heterocycles. The molecule has 2 saturated carbocycles. The summed E-state index contributed by atoms with van der Waals surface area (Å²) in [5, 5.41) is 199. The molecule has 11 rings (SSSR count). The number of fused-ring (bicyclic) bond motifs is 5. The Morgan fingerprint density at radius 2 is 1.02 bits per heavy atom. The number of allylic oxidation sites excluding steroid dienone is 2. The van der Waals surface area contributed by atoms with Gasteiger partial charge in [0.05, 0.1) is 57.5 Å². The molecule has 1 spiro atoms. The second kappa shape index (κ2) is 29.0.